The Balaban J connectivity index is 2.45. The van der Waals surface area contributed by atoms with Gasteiger partial charge in [-0.05, 0) is 41.4 Å². The van der Waals surface area contributed by atoms with Gasteiger partial charge in [0.1, 0.15) is 5.69 Å². The summed E-state index contributed by atoms with van der Waals surface area (Å²) in [5, 5.41) is 15.2. The van der Waals surface area contributed by atoms with E-state index in [1.165, 1.54) is 10.6 Å². The van der Waals surface area contributed by atoms with Crippen LogP contribution in [0.2, 0.25) is 5.02 Å². The fraction of sp³-hybridized carbons (Fsp3) is 0. The van der Waals surface area contributed by atoms with Crippen LogP contribution in [-0.4, -0.2) is 9.49 Å². The highest BCUT2D eigenvalue weighted by atomic mass is 35.5. The van der Waals surface area contributed by atoms with Crippen LogP contribution in [-0.2, 0) is 0 Å². The second kappa shape index (κ2) is 7.10. The monoisotopic (exact) mass is 367 g/mol. The molecule has 0 N–H and O–H groups in total. The fourth-order valence-corrected chi connectivity index (χ4v) is 2.68. The molecule has 0 saturated carbocycles. The Morgan fingerprint density at radius 3 is 2.35 bits per heavy atom. The molecule has 3 aromatic rings. The highest BCUT2D eigenvalue weighted by molar-refractivity contribution is 6.30. The summed E-state index contributed by atoms with van der Waals surface area (Å²) in [6.45, 7) is 0. The van der Waals surface area contributed by atoms with Crippen LogP contribution in [0.1, 0.15) is 0 Å². The maximum absolute atomic E-state index is 12.9. The van der Waals surface area contributed by atoms with Crippen molar-refractivity contribution in [3.05, 3.63) is 96.6 Å². The summed E-state index contributed by atoms with van der Waals surface area (Å²) >= 11 is 5.89. The normalized spacial score (nSPS) is 10.2. The molecule has 128 valence electrons. The van der Waals surface area contributed by atoms with E-state index < -0.39 is 16.2 Å². The predicted octanol–water partition coefficient (Wildman–Crippen LogP) is 5.01. The van der Waals surface area contributed by atoms with Gasteiger partial charge in [-0.1, -0.05) is 47.0 Å². The highest BCUT2D eigenvalue weighted by Gasteiger charge is 2.24. The molecule has 0 fully saturated rings. The molecule has 26 heavy (non-hydrogen) atoms. The van der Waals surface area contributed by atoms with Crippen molar-refractivity contribution >= 4 is 23.0 Å². The van der Waals surface area contributed by atoms with Gasteiger partial charge in [0.15, 0.2) is 0 Å². The van der Waals surface area contributed by atoms with Crippen LogP contribution in [0.15, 0.2) is 70.6 Å². The third-order valence-electron chi connectivity index (χ3n) is 3.65. The number of pyridine rings is 1. The molecule has 0 aliphatic rings. The Morgan fingerprint density at radius 2 is 1.77 bits per heavy atom. The van der Waals surface area contributed by atoms with Gasteiger partial charge in [-0.2, -0.15) is 0 Å². The largest absolute Gasteiger partial charge is 0.344 e. The summed E-state index contributed by atoms with van der Waals surface area (Å²) in [7, 11) is 0. The van der Waals surface area contributed by atoms with Crippen molar-refractivity contribution in [1.82, 2.24) is 4.57 Å². The Kier molecular flexibility index (Phi) is 4.70. The van der Waals surface area contributed by atoms with E-state index in [2.05, 4.69) is 10.0 Å². The summed E-state index contributed by atoms with van der Waals surface area (Å²) in [5.74, 6) is 0. The average molecular weight is 368 g/mol. The fourth-order valence-electron chi connectivity index (χ4n) is 2.55. The second-order valence-electron chi connectivity index (χ2n) is 5.19. The molecule has 0 amide bonds. The third-order valence-corrected chi connectivity index (χ3v) is 3.90. The Labute approximate surface area is 151 Å². The average Bonchev–Trinajstić information content (AvgIpc) is 2.63. The van der Waals surface area contributed by atoms with Crippen molar-refractivity contribution in [2.24, 2.45) is 5.11 Å². The first-order valence-corrected chi connectivity index (χ1v) is 7.71. The summed E-state index contributed by atoms with van der Waals surface area (Å²) in [4.78, 5) is 26.0. The van der Waals surface area contributed by atoms with Gasteiger partial charge in [0.2, 0.25) is 0 Å². The van der Waals surface area contributed by atoms with E-state index in [4.69, 9.17) is 17.1 Å². The lowest BCUT2D eigenvalue weighted by Gasteiger charge is -2.14. The van der Waals surface area contributed by atoms with Gasteiger partial charge in [0, 0.05) is 15.6 Å². The van der Waals surface area contributed by atoms with Crippen molar-refractivity contribution in [2.75, 3.05) is 0 Å². The summed E-state index contributed by atoms with van der Waals surface area (Å²) in [5.41, 5.74) is 8.05. The van der Waals surface area contributed by atoms with E-state index >= 15 is 0 Å². The molecule has 9 heteroatoms. The Hall–Kier alpha value is -3.61. The molecular formula is C17H10ClN5O3. The number of halogens is 1. The topological polar surface area (TPSA) is 114 Å². The van der Waals surface area contributed by atoms with E-state index in [0.29, 0.717) is 22.0 Å². The van der Waals surface area contributed by atoms with E-state index in [1.807, 2.05) is 0 Å². The number of aromatic nitrogens is 1. The van der Waals surface area contributed by atoms with Crippen LogP contribution in [0.5, 0.6) is 0 Å². The van der Waals surface area contributed by atoms with Gasteiger partial charge in [-0.15, -0.1) is 0 Å². The maximum Gasteiger partial charge on any atom is 0.344 e. The second-order valence-corrected chi connectivity index (χ2v) is 5.63. The molecule has 0 bridgehead atoms. The minimum absolute atomic E-state index is 0.341. The Morgan fingerprint density at radius 1 is 1.12 bits per heavy atom. The van der Waals surface area contributed by atoms with E-state index in [0.717, 1.165) is 0 Å². The molecule has 8 nitrogen and oxygen atoms in total. The third kappa shape index (κ3) is 3.14. The maximum atomic E-state index is 12.9. The molecule has 0 radical (unpaired) electrons. The highest BCUT2D eigenvalue weighted by Crippen LogP contribution is 2.31. The SMILES string of the molecule is [N-]=[N+]=Nc1cc(-c2ccccc2)n(-c2ccc(Cl)cc2)c(=O)c1[N+](=O)[O-]. The molecule has 0 spiro atoms. The lowest BCUT2D eigenvalue weighted by molar-refractivity contribution is -0.385. The van der Waals surface area contributed by atoms with Gasteiger partial charge >= 0.3 is 11.2 Å². The minimum Gasteiger partial charge on any atom is -0.271 e. The van der Waals surface area contributed by atoms with Gasteiger partial charge in [-0.3, -0.25) is 19.5 Å². The number of hydrogen-bond donors (Lipinski definition) is 0. The van der Waals surface area contributed by atoms with Gasteiger partial charge < -0.3 is 0 Å². The number of azide groups is 1. The molecule has 1 heterocycles. The van der Waals surface area contributed by atoms with Gasteiger partial charge in [0.05, 0.1) is 10.6 Å². The molecule has 0 aliphatic carbocycles. The van der Waals surface area contributed by atoms with Crippen LogP contribution in [0, 0.1) is 10.1 Å². The molecule has 0 unspecified atom stereocenters. The smallest absolute Gasteiger partial charge is 0.271 e. The predicted molar refractivity (Wildman–Crippen MR) is 97.9 cm³/mol. The molecule has 0 atom stereocenters. The van der Waals surface area contributed by atoms with Crippen LogP contribution >= 0.6 is 11.6 Å². The number of rotatable bonds is 4. The van der Waals surface area contributed by atoms with Crippen molar-refractivity contribution in [3.63, 3.8) is 0 Å². The van der Waals surface area contributed by atoms with Crippen LogP contribution in [0.3, 0.4) is 0 Å². The zero-order valence-corrected chi connectivity index (χ0v) is 13.9. The van der Waals surface area contributed by atoms with E-state index in [9.17, 15) is 14.9 Å². The zero-order chi connectivity index (χ0) is 18.7. The molecular weight excluding hydrogens is 358 g/mol. The number of nitrogens with zero attached hydrogens (tertiary/aromatic N) is 5. The van der Waals surface area contributed by atoms with Crippen LogP contribution in [0.4, 0.5) is 11.4 Å². The van der Waals surface area contributed by atoms with E-state index in [1.54, 1.807) is 54.6 Å². The summed E-state index contributed by atoms with van der Waals surface area (Å²) < 4.78 is 1.19. The van der Waals surface area contributed by atoms with Gasteiger partial charge in [-0.25, -0.2) is 0 Å². The zero-order valence-electron chi connectivity index (χ0n) is 13.1. The van der Waals surface area contributed by atoms with E-state index in [-0.39, 0.29) is 5.69 Å². The first-order valence-electron chi connectivity index (χ1n) is 7.34. The Bertz CT molecular complexity index is 1090. The summed E-state index contributed by atoms with van der Waals surface area (Å²) in [6, 6.07) is 16.4. The molecule has 1 aromatic heterocycles. The first-order chi connectivity index (χ1) is 12.5. The van der Waals surface area contributed by atoms with Crippen molar-refractivity contribution in [1.29, 1.82) is 0 Å². The number of benzene rings is 2. The molecule has 2 aromatic carbocycles. The minimum atomic E-state index is -0.902. The molecule has 0 aliphatic heterocycles. The molecule has 0 saturated heterocycles. The lowest BCUT2D eigenvalue weighted by Crippen LogP contribution is -2.22. The number of hydrogen-bond acceptors (Lipinski definition) is 4. The van der Waals surface area contributed by atoms with Crippen LogP contribution < -0.4 is 5.56 Å². The summed E-state index contributed by atoms with van der Waals surface area (Å²) in [6.07, 6.45) is 0. The van der Waals surface area contributed by atoms with Crippen molar-refractivity contribution in [2.45, 2.75) is 0 Å². The lowest BCUT2D eigenvalue weighted by atomic mass is 10.1. The van der Waals surface area contributed by atoms with Crippen molar-refractivity contribution in [3.8, 4) is 16.9 Å². The molecule has 3 rings (SSSR count). The van der Waals surface area contributed by atoms with Crippen LogP contribution in [0.25, 0.3) is 27.4 Å². The standard InChI is InChI=1S/C17H10ClN5O3/c18-12-6-8-13(9-7-12)22-15(11-4-2-1-3-5-11)10-14(20-21-19)16(17(22)24)23(25)26/h1-10H. The van der Waals surface area contributed by atoms with Gasteiger partial charge in [0.25, 0.3) is 0 Å². The quantitative estimate of drug-likeness (QED) is 0.212. The number of nitro groups is 1. The van der Waals surface area contributed by atoms with Crippen molar-refractivity contribution < 1.29 is 4.92 Å². The first kappa shape index (κ1) is 17.2.